The van der Waals surface area contributed by atoms with E-state index in [1.165, 1.54) is 5.56 Å². The lowest BCUT2D eigenvalue weighted by Crippen LogP contribution is -2.77. The number of piperazine rings is 1. The molecule has 22 heavy (non-hydrogen) atoms. The molecular weight excluding hydrogens is 276 g/mol. The molecule has 0 bridgehead atoms. The van der Waals surface area contributed by atoms with Crippen molar-refractivity contribution in [3.63, 3.8) is 0 Å². The van der Waals surface area contributed by atoms with Crippen LogP contribution in [0.25, 0.3) is 0 Å². The molecule has 0 aliphatic carbocycles. The van der Waals surface area contributed by atoms with Gasteiger partial charge < -0.3 is 5.11 Å². The summed E-state index contributed by atoms with van der Waals surface area (Å²) in [5.41, 5.74) is 1.55. The van der Waals surface area contributed by atoms with Crippen molar-refractivity contribution in [1.82, 2.24) is 19.7 Å². The quantitative estimate of drug-likeness (QED) is 0.876. The van der Waals surface area contributed by atoms with Crippen LogP contribution < -0.4 is 0 Å². The van der Waals surface area contributed by atoms with Crippen molar-refractivity contribution in [2.75, 3.05) is 39.3 Å². The number of aromatic nitrogens is 1. The number of fused-ring (bicyclic) bond motifs is 2. The number of rotatable bonds is 3. The lowest BCUT2D eigenvalue weighted by atomic mass is 9.83. The van der Waals surface area contributed by atoms with Crippen LogP contribution in [0.4, 0.5) is 0 Å². The fraction of sp³-hybridized carbons (Fsp3) is 0.706. The average molecular weight is 302 g/mol. The van der Waals surface area contributed by atoms with Gasteiger partial charge in [-0.3, -0.25) is 19.7 Å². The van der Waals surface area contributed by atoms with Gasteiger partial charge in [0.15, 0.2) is 0 Å². The van der Waals surface area contributed by atoms with Gasteiger partial charge in [-0.05, 0) is 24.6 Å². The molecule has 3 saturated heterocycles. The van der Waals surface area contributed by atoms with Gasteiger partial charge in [0.25, 0.3) is 0 Å². The Morgan fingerprint density at radius 1 is 1.27 bits per heavy atom. The van der Waals surface area contributed by atoms with Crippen molar-refractivity contribution in [3.05, 3.63) is 30.1 Å². The normalized spacial score (nSPS) is 32.1. The summed E-state index contributed by atoms with van der Waals surface area (Å²) in [6.45, 7) is 9.68. The topological polar surface area (TPSA) is 42.8 Å². The van der Waals surface area contributed by atoms with Gasteiger partial charge in [-0.2, -0.15) is 0 Å². The summed E-state index contributed by atoms with van der Waals surface area (Å²) in [4.78, 5) is 11.9. The van der Waals surface area contributed by atoms with Gasteiger partial charge in [-0.1, -0.05) is 13.0 Å². The molecule has 2 atom stereocenters. The van der Waals surface area contributed by atoms with E-state index in [-0.39, 0.29) is 11.6 Å². The second-order valence-electron chi connectivity index (χ2n) is 7.25. The van der Waals surface area contributed by atoms with Crippen LogP contribution in [0, 0.1) is 0 Å². The Morgan fingerprint density at radius 3 is 2.82 bits per heavy atom. The minimum Gasteiger partial charge on any atom is -0.392 e. The van der Waals surface area contributed by atoms with Crippen molar-refractivity contribution >= 4 is 0 Å². The molecule has 1 spiro atoms. The highest BCUT2D eigenvalue weighted by atomic mass is 16.3. The first-order chi connectivity index (χ1) is 10.7. The highest BCUT2D eigenvalue weighted by Gasteiger charge is 2.55. The number of likely N-dealkylation sites (N-methyl/N-ethyl adjacent to an activating group) is 1. The smallest absolute Gasteiger partial charge is 0.0682 e. The first-order valence-corrected chi connectivity index (χ1v) is 8.47. The summed E-state index contributed by atoms with van der Waals surface area (Å²) in [6, 6.07) is 4.69. The van der Waals surface area contributed by atoms with Crippen LogP contribution in [0.1, 0.15) is 18.9 Å². The van der Waals surface area contributed by atoms with Crippen molar-refractivity contribution in [2.24, 2.45) is 0 Å². The zero-order valence-corrected chi connectivity index (χ0v) is 13.4. The zero-order chi connectivity index (χ0) is 15.2. The molecule has 0 aromatic carbocycles. The van der Waals surface area contributed by atoms with E-state index in [9.17, 15) is 5.11 Å². The molecule has 4 rings (SSSR count). The third kappa shape index (κ3) is 2.46. The molecule has 5 nitrogen and oxygen atoms in total. The van der Waals surface area contributed by atoms with Gasteiger partial charge in [0, 0.05) is 57.7 Å². The first-order valence-electron chi connectivity index (χ1n) is 8.47. The minimum absolute atomic E-state index is 0.143. The van der Waals surface area contributed by atoms with E-state index in [0.717, 1.165) is 52.2 Å². The van der Waals surface area contributed by atoms with Crippen molar-refractivity contribution in [1.29, 1.82) is 0 Å². The summed E-state index contributed by atoms with van der Waals surface area (Å²) in [6.07, 6.45) is 4.59. The molecule has 3 aliphatic rings. The predicted octanol–water partition coefficient (Wildman–Crippen LogP) is 0.407. The van der Waals surface area contributed by atoms with Gasteiger partial charge in [-0.15, -0.1) is 0 Å². The van der Waals surface area contributed by atoms with Gasteiger partial charge in [0.05, 0.1) is 11.6 Å². The van der Waals surface area contributed by atoms with Gasteiger partial charge in [-0.25, -0.2) is 0 Å². The molecule has 0 saturated carbocycles. The van der Waals surface area contributed by atoms with E-state index in [4.69, 9.17) is 0 Å². The molecule has 1 aromatic rings. The molecule has 4 heterocycles. The minimum atomic E-state index is -0.143. The Kier molecular flexibility index (Phi) is 3.69. The molecule has 3 aliphatic heterocycles. The summed E-state index contributed by atoms with van der Waals surface area (Å²) in [5.74, 6) is 0. The van der Waals surface area contributed by atoms with Crippen LogP contribution in [0.3, 0.4) is 0 Å². The fourth-order valence-corrected chi connectivity index (χ4v) is 4.68. The summed E-state index contributed by atoms with van der Waals surface area (Å²) in [7, 11) is 0. The molecule has 0 amide bonds. The van der Waals surface area contributed by atoms with E-state index in [1.54, 1.807) is 0 Å². The fourth-order valence-electron chi connectivity index (χ4n) is 4.68. The number of hydrogen-bond donors (Lipinski definition) is 1. The number of β-amino-alcohol motifs (C(OH)–C–C–N with tert-alkyl or cyclic N) is 1. The molecule has 1 aromatic heterocycles. The van der Waals surface area contributed by atoms with Crippen molar-refractivity contribution in [2.45, 2.75) is 37.6 Å². The standard InChI is InChI=1S/C17H26N4O/c1-2-19-11-17(12-19)13-20(8-14-4-3-5-18-7-14)9-15-6-16(22)10-21(15)17/h3-5,7,15-16,22H,2,6,8-13H2,1H3/t15-,16+/m0/s1. The Labute approximate surface area is 132 Å². The number of pyridine rings is 1. The Bertz CT molecular complexity index is 517. The van der Waals surface area contributed by atoms with Crippen molar-refractivity contribution < 1.29 is 5.11 Å². The summed E-state index contributed by atoms with van der Waals surface area (Å²) in [5, 5.41) is 10.1. The van der Waals surface area contributed by atoms with Crippen LogP contribution in [0.5, 0.6) is 0 Å². The Morgan fingerprint density at radius 2 is 2.09 bits per heavy atom. The maximum Gasteiger partial charge on any atom is 0.0682 e. The second-order valence-corrected chi connectivity index (χ2v) is 7.25. The molecule has 5 heteroatoms. The largest absolute Gasteiger partial charge is 0.392 e. The number of aliphatic hydroxyl groups is 1. The number of hydrogen-bond acceptors (Lipinski definition) is 5. The molecule has 0 radical (unpaired) electrons. The third-order valence-corrected chi connectivity index (χ3v) is 5.60. The zero-order valence-electron chi connectivity index (χ0n) is 13.4. The molecular formula is C17H26N4O. The lowest BCUT2D eigenvalue weighted by Gasteiger charge is -2.61. The Hall–Kier alpha value is -1.01. The van der Waals surface area contributed by atoms with E-state index in [1.807, 2.05) is 18.5 Å². The highest BCUT2D eigenvalue weighted by Crippen LogP contribution is 2.39. The van der Waals surface area contributed by atoms with E-state index in [2.05, 4.69) is 32.7 Å². The maximum atomic E-state index is 10.1. The van der Waals surface area contributed by atoms with Crippen LogP contribution in [0.2, 0.25) is 0 Å². The van der Waals surface area contributed by atoms with Crippen LogP contribution in [0.15, 0.2) is 24.5 Å². The van der Waals surface area contributed by atoms with Crippen LogP contribution in [-0.4, -0.2) is 81.7 Å². The molecule has 1 N–H and O–H groups in total. The van der Waals surface area contributed by atoms with Crippen molar-refractivity contribution in [3.8, 4) is 0 Å². The second kappa shape index (κ2) is 5.57. The molecule has 3 fully saturated rings. The average Bonchev–Trinajstić information content (AvgIpc) is 2.85. The predicted molar refractivity (Wildman–Crippen MR) is 85.5 cm³/mol. The van der Waals surface area contributed by atoms with Crippen LogP contribution in [-0.2, 0) is 6.54 Å². The number of aliphatic hydroxyl groups excluding tert-OH is 1. The molecule has 0 unspecified atom stereocenters. The third-order valence-electron chi connectivity index (χ3n) is 5.60. The lowest BCUT2D eigenvalue weighted by molar-refractivity contribution is -0.113. The monoisotopic (exact) mass is 302 g/mol. The van der Waals surface area contributed by atoms with E-state index in [0.29, 0.717) is 6.04 Å². The Balaban J connectivity index is 1.51. The number of nitrogens with zero attached hydrogens (tertiary/aromatic N) is 4. The summed E-state index contributed by atoms with van der Waals surface area (Å²) >= 11 is 0. The SMILES string of the molecule is CCN1CC2(CN(Cc3cccnc3)C[C@@H]3C[C@@H](O)CN32)C1. The molecule has 120 valence electrons. The summed E-state index contributed by atoms with van der Waals surface area (Å²) < 4.78 is 0. The van der Waals surface area contributed by atoms with Crippen LogP contribution >= 0.6 is 0 Å². The highest BCUT2D eigenvalue weighted by molar-refractivity contribution is 5.15. The number of likely N-dealkylation sites (tertiary alicyclic amines) is 1. The first kappa shape index (κ1) is 14.6. The maximum absolute atomic E-state index is 10.1. The van der Waals surface area contributed by atoms with Gasteiger partial charge in [0.1, 0.15) is 0 Å². The van der Waals surface area contributed by atoms with Gasteiger partial charge >= 0.3 is 0 Å². The van der Waals surface area contributed by atoms with Gasteiger partial charge in [0.2, 0.25) is 0 Å². The van der Waals surface area contributed by atoms with E-state index < -0.39 is 0 Å². The van der Waals surface area contributed by atoms with E-state index >= 15 is 0 Å².